The minimum absolute atomic E-state index is 0.0533. The Bertz CT molecular complexity index is 732. The minimum atomic E-state index is -3.92. The van der Waals surface area contributed by atoms with Crippen molar-refractivity contribution < 1.29 is 12.8 Å². The second-order valence-electron chi connectivity index (χ2n) is 4.23. The summed E-state index contributed by atoms with van der Waals surface area (Å²) in [5.41, 5.74) is 3.12. The van der Waals surface area contributed by atoms with Crippen LogP contribution in [-0.2, 0) is 10.0 Å². The Balaban J connectivity index is 2.41. The molecule has 106 valence electrons. The van der Waals surface area contributed by atoms with E-state index >= 15 is 0 Å². The van der Waals surface area contributed by atoms with Crippen LogP contribution in [0.5, 0.6) is 0 Å². The van der Waals surface area contributed by atoms with Crippen LogP contribution in [0.25, 0.3) is 0 Å². The largest absolute Gasteiger partial charge is 0.323 e. The number of nitrogens with one attached hydrogen (secondary N) is 2. The highest BCUT2D eigenvalue weighted by Gasteiger charge is 2.19. The number of hydrogen-bond acceptors (Lipinski definition) is 4. The number of sulfonamides is 1. The molecule has 5 nitrogen and oxygen atoms in total. The summed E-state index contributed by atoms with van der Waals surface area (Å²) >= 11 is 0. The van der Waals surface area contributed by atoms with Crippen LogP contribution in [0.1, 0.15) is 5.56 Å². The summed E-state index contributed by atoms with van der Waals surface area (Å²) in [6.45, 7) is 1.72. The number of aryl methyl sites for hydroxylation is 1. The summed E-state index contributed by atoms with van der Waals surface area (Å²) in [6, 6.07) is 10.3. The first-order valence-electron chi connectivity index (χ1n) is 5.78. The molecule has 0 fully saturated rings. The molecule has 0 saturated carbocycles. The lowest BCUT2D eigenvalue weighted by molar-refractivity contribution is 0.598. The molecule has 0 atom stereocenters. The van der Waals surface area contributed by atoms with E-state index in [1.807, 2.05) is 0 Å². The average Bonchev–Trinajstić information content (AvgIpc) is 2.42. The van der Waals surface area contributed by atoms with E-state index in [1.165, 1.54) is 24.3 Å². The van der Waals surface area contributed by atoms with Gasteiger partial charge in [0.2, 0.25) is 0 Å². The standard InChI is InChI=1S/C13H14FN3O2S/c1-9-6-7-11(10(14)8-9)17-20(18,19)13-5-3-2-4-12(13)16-15/h2-8,16-17H,15H2,1H3. The molecule has 0 aliphatic rings. The molecule has 0 aromatic heterocycles. The summed E-state index contributed by atoms with van der Waals surface area (Å²) < 4.78 is 40.4. The summed E-state index contributed by atoms with van der Waals surface area (Å²) in [4.78, 5) is -0.0533. The van der Waals surface area contributed by atoms with Crippen molar-refractivity contribution >= 4 is 21.4 Å². The van der Waals surface area contributed by atoms with Gasteiger partial charge in [-0.3, -0.25) is 10.6 Å². The summed E-state index contributed by atoms with van der Waals surface area (Å²) in [5, 5.41) is 0. The number of halogens is 1. The molecule has 4 N–H and O–H groups in total. The third-order valence-corrected chi connectivity index (χ3v) is 4.12. The van der Waals surface area contributed by atoms with Crippen LogP contribution in [0.3, 0.4) is 0 Å². The normalized spacial score (nSPS) is 11.2. The van der Waals surface area contributed by atoms with E-state index in [1.54, 1.807) is 25.1 Å². The van der Waals surface area contributed by atoms with Gasteiger partial charge in [0, 0.05) is 0 Å². The van der Waals surface area contributed by atoms with Gasteiger partial charge < -0.3 is 5.43 Å². The van der Waals surface area contributed by atoms with Gasteiger partial charge in [0.1, 0.15) is 10.7 Å². The molecule has 0 heterocycles. The second-order valence-corrected chi connectivity index (χ2v) is 5.88. The molecule has 0 aliphatic heterocycles. The first kappa shape index (κ1) is 14.3. The lowest BCUT2D eigenvalue weighted by Crippen LogP contribution is -2.18. The molecule has 7 heteroatoms. The Kier molecular flexibility index (Phi) is 3.91. The van der Waals surface area contributed by atoms with Crippen LogP contribution < -0.4 is 16.0 Å². The highest BCUT2D eigenvalue weighted by molar-refractivity contribution is 7.92. The summed E-state index contributed by atoms with van der Waals surface area (Å²) in [5.74, 6) is 4.64. The highest BCUT2D eigenvalue weighted by atomic mass is 32.2. The fraction of sp³-hybridized carbons (Fsp3) is 0.0769. The molecular weight excluding hydrogens is 281 g/mol. The Hall–Kier alpha value is -2.12. The fourth-order valence-corrected chi connectivity index (χ4v) is 2.96. The quantitative estimate of drug-likeness (QED) is 0.596. The Morgan fingerprint density at radius 1 is 1.10 bits per heavy atom. The number of nitrogens with two attached hydrogens (primary N) is 1. The van der Waals surface area contributed by atoms with Crippen molar-refractivity contribution in [2.75, 3.05) is 10.1 Å². The number of hydrazine groups is 1. The molecule has 0 saturated heterocycles. The van der Waals surface area contributed by atoms with Crippen LogP contribution in [-0.4, -0.2) is 8.42 Å². The van der Waals surface area contributed by atoms with E-state index in [0.717, 1.165) is 0 Å². The van der Waals surface area contributed by atoms with Gasteiger partial charge in [0.25, 0.3) is 10.0 Å². The maximum Gasteiger partial charge on any atom is 0.264 e. The van der Waals surface area contributed by atoms with Crippen LogP contribution >= 0.6 is 0 Å². The first-order chi connectivity index (χ1) is 9.44. The monoisotopic (exact) mass is 295 g/mol. The van der Waals surface area contributed by atoms with Crippen LogP contribution in [0.15, 0.2) is 47.4 Å². The van der Waals surface area contributed by atoms with E-state index in [4.69, 9.17) is 5.84 Å². The molecule has 0 spiro atoms. The van der Waals surface area contributed by atoms with Gasteiger partial charge in [0.15, 0.2) is 0 Å². The Morgan fingerprint density at radius 3 is 2.45 bits per heavy atom. The molecule has 0 radical (unpaired) electrons. The van der Waals surface area contributed by atoms with Gasteiger partial charge in [-0.05, 0) is 36.8 Å². The highest BCUT2D eigenvalue weighted by Crippen LogP contribution is 2.24. The number of para-hydroxylation sites is 1. The Morgan fingerprint density at radius 2 is 1.80 bits per heavy atom. The molecule has 0 amide bonds. The summed E-state index contributed by atoms with van der Waals surface area (Å²) in [7, 11) is -3.92. The predicted octanol–water partition coefficient (Wildman–Crippen LogP) is 2.22. The van der Waals surface area contributed by atoms with Gasteiger partial charge in [-0.25, -0.2) is 12.8 Å². The van der Waals surface area contributed by atoms with Crippen LogP contribution in [0, 0.1) is 12.7 Å². The zero-order valence-electron chi connectivity index (χ0n) is 10.7. The van der Waals surface area contributed by atoms with Crippen LogP contribution in [0.4, 0.5) is 15.8 Å². The summed E-state index contributed by atoms with van der Waals surface area (Å²) in [6.07, 6.45) is 0. The number of nitrogen functional groups attached to an aromatic ring is 1. The number of anilines is 2. The number of benzene rings is 2. The van der Waals surface area contributed by atoms with Crippen LogP contribution in [0.2, 0.25) is 0 Å². The van der Waals surface area contributed by atoms with E-state index in [2.05, 4.69) is 10.1 Å². The van der Waals surface area contributed by atoms with E-state index < -0.39 is 15.8 Å². The molecular formula is C13H14FN3O2S. The third-order valence-electron chi connectivity index (χ3n) is 2.70. The number of rotatable bonds is 4. The van der Waals surface area contributed by atoms with Gasteiger partial charge >= 0.3 is 0 Å². The van der Waals surface area contributed by atoms with Crippen molar-refractivity contribution in [2.45, 2.75) is 11.8 Å². The Labute approximate surface area is 116 Å². The maximum absolute atomic E-state index is 13.7. The van der Waals surface area contributed by atoms with Crippen molar-refractivity contribution in [3.8, 4) is 0 Å². The zero-order valence-corrected chi connectivity index (χ0v) is 11.5. The topological polar surface area (TPSA) is 84.2 Å². The zero-order chi connectivity index (χ0) is 14.8. The average molecular weight is 295 g/mol. The lowest BCUT2D eigenvalue weighted by Gasteiger charge is -2.12. The third kappa shape index (κ3) is 2.89. The molecule has 2 aromatic rings. The van der Waals surface area contributed by atoms with E-state index in [0.29, 0.717) is 5.56 Å². The van der Waals surface area contributed by atoms with Crippen molar-refractivity contribution in [3.63, 3.8) is 0 Å². The molecule has 0 bridgehead atoms. The smallest absolute Gasteiger partial charge is 0.264 e. The molecule has 2 rings (SSSR count). The van der Waals surface area contributed by atoms with Gasteiger partial charge in [-0.1, -0.05) is 18.2 Å². The molecule has 0 unspecified atom stereocenters. The van der Waals surface area contributed by atoms with Crippen molar-refractivity contribution in [1.82, 2.24) is 0 Å². The van der Waals surface area contributed by atoms with Gasteiger partial charge in [-0.2, -0.15) is 0 Å². The lowest BCUT2D eigenvalue weighted by atomic mass is 10.2. The first-order valence-corrected chi connectivity index (χ1v) is 7.27. The van der Waals surface area contributed by atoms with E-state index in [9.17, 15) is 12.8 Å². The SMILES string of the molecule is Cc1ccc(NS(=O)(=O)c2ccccc2NN)c(F)c1. The predicted molar refractivity (Wildman–Crippen MR) is 76.2 cm³/mol. The number of hydrogen-bond donors (Lipinski definition) is 3. The van der Waals surface area contributed by atoms with Crippen molar-refractivity contribution in [3.05, 3.63) is 53.8 Å². The van der Waals surface area contributed by atoms with Crippen molar-refractivity contribution in [1.29, 1.82) is 0 Å². The molecule has 20 heavy (non-hydrogen) atoms. The maximum atomic E-state index is 13.7. The molecule has 2 aromatic carbocycles. The van der Waals surface area contributed by atoms with Crippen molar-refractivity contribution in [2.24, 2.45) is 5.84 Å². The van der Waals surface area contributed by atoms with Gasteiger partial charge in [-0.15, -0.1) is 0 Å². The molecule has 0 aliphatic carbocycles. The minimum Gasteiger partial charge on any atom is -0.323 e. The fourth-order valence-electron chi connectivity index (χ4n) is 1.72. The van der Waals surface area contributed by atoms with Gasteiger partial charge in [0.05, 0.1) is 11.4 Å². The second kappa shape index (κ2) is 5.48. The van der Waals surface area contributed by atoms with E-state index in [-0.39, 0.29) is 16.3 Å².